The van der Waals surface area contributed by atoms with E-state index in [1.54, 1.807) is 4.90 Å². The van der Waals surface area contributed by atoms with Gasteiger partial charge in [0, 0.05) is 12.0 Å². The number of hydrogen-bond donors (Lipinski definition) is 2. The highest BCUT2D eigenvalue weighted by atomic mass is 16.3. The molecule has 16 heavy (non-hydrogen) atoms. The molecule has 1 aliphatic carbocycles. The van der Waals surface area contributed by atoms with E-state index in [1.807, 2.05) is 6.92 Å². The smallest absolute Gasteiger partial charge is 0.251 e. The number of primary amides is 1. The molecule has 2 amide bonds. The first kappa shape index (κ1) is 11.4. The van der Waals surface area contributed by atoms with E-state index in [2.05, 4.69) is 0 Å². The minimum atomic E-state index is -1.53. The fourth-order valence-electron chi connectivity index (χ4n) is 2.19. The molecular weight excluding hydrogens is 208 g/mol. The number of amides is 2. The summed E-state index contributed by atoms with van der Waals surface area (Å²) < 4.78 is 0. The van der Waals surface area contributed by atoms with E-state index in [-0.39, 0.29) is 17.9 Å². The molecule has 1 saturated carbocycles. The Kier molecular flexibility index (Phi) is 2.45. The molecular formula is C11H18N2O3. The Labute approximate surface area is 94.6 Å². The third kappa shape index (κ3) is 1.80. The van der Waals surface area contributed by atoms with Crippen LogP contribution in [-0.4, -0.2) is 40.5 Å². The molecule has 1 atom stereocenters. The molecule has 0 aromatic heterocycles. The van der Waals surface area contributed by atoms with Crippen LogP contribution < -0.4 is 5.73 Å². The predicted octanol–water partition coefficient (Wildman–Crippen LogP) is -0.375. The maximum atomic E-state index is 12.1. The predicted molar refractivity (Wildman–Crippen MR) is 57.3 cm³/mol. The normalized spacial score (nSPS) is 32.2. The third-order valence-electron chi connectivity index (χ3n) is 3.73. The van der Waals surface area contributed by atoms with Crippen LogP contribution in [0, 0.1) is 5.41 Å². The average Bonchev–Trinajstić information content (AvgIpc) is 2.96. The molecule has 2 rings (SSSR count). The fourth-order valence-corrected chi connectivity index (χ4v) is 2.19. The zero-order chi connectivity index (χ0) is 12.0. The number of nitrogens with two attached hydrogens (primary N) is 1. The fraction of sp³-hybridized carbons (Fsp3) is 0.818. The van der Waals surface area contributed by atoms with E-state index in [9.17, 15) is 14.7 Å². The Morgan fingerprint density at radius 3 is 2.44 bits per heavy atom. The highest BCUT2D eigenvalue weighted by molar-refractivity contribution is 5.88. The number of carbonyl (C=O) groups is 2. The van der Waals surface area contributed by atoms with Crippen LogP contribution in [0.15, 0.2) is 0 Å². The Balaban J connectivity index is 2.07. The van der Waals surface area contributed by atoms with Crippen molar-refractivity contribution in [2.24, 2.45) is 11.1 Å². The van der Waals surface area contributed by atoms with Gasteiger partial charge in [0.1, 0.15) is 0 Å². The molecule has 1 saturated heterocycles. The van der Waals surface area contributed by atoms with Crippen LogP contribution in [0.1, 0.15) is 32.6 Å². The lowest BCUT2D eigenvalue weighted by atomic mass is 9.91. The van der Waals surface area contributed by atoms with Crippen molar-refractivity contribution < 1.29 is 14.7 Å². The second-order valence-corrected chi connectivity index (χ2v) is 5.29. The van der Waals surface area contributed by atoms with Gasteiger partial charge in [-0.25, -0.2) is 0 Å². The highest BCUT2D eigenvalue weighted by Gasteiger charge is 2.50. The molecule has 2 fully saturated rings. The van der Waals surface area contributed by atoms with Crippen molar-refractivity contribution in [3.8, 4) is 0 Å². The summed E-state index contributed by atoms with van der Waals surface area (Å²) in [6, 6.07) is 0. The first-order valence-electron chi connectivity index (χ1n) is 5.69. The van der Waals surface area contributed by atoms with Crippen molar-refractivity contribution in [2.45, 2.75) is 38.2 Å². The quantitative estimate of drug-likeness (QED) is 0.673. The molecule has 2 aliphatic rings. The maximum Gasteiger partial charge on any atom is 0.251 e. The Hall–Kier alpha value is -1.10. The van der Waals surface area contributed by atoms with E-state index in [0.29, 0.717) is 19.4 Å². The lowest BCUT2D eigenvalue weighted by molar-refractivity contribution is -0.151. The van der Waals surface area contributed by atoms with Gasteiger partial charge < -0.3 is 15.7 Å². The number of carbonyl (C=O) groups excluding carboxylic acids is 2. The molecule has 0 aromatic carbocycles. The number of nitrogens with zero attached hydrogens (tertiary/aromatic N) is 1. The van der Waals surface area contributed by atoms with E-state index < -0.39 is 11.5 Å². The third-order valence-corrected chi connectivity index (χ3v) is 3.73. The molecule has 5 heteroatoms. The lowest BCUT2D eigenvalue weighted by Crippen LogP contribution is -2.57. The Bertz CT molecular complexity index is 338. The molecule has 1 aliphatic heterocycles. The zero-order valence-electron chi connectivity index (χ0n) is 9.53. The summed E-state index contributed by atoms with van der Waals surface area (Å²) in [5.41, 5.74) is 3.38. The summed E-state index contributed by atoms with van der Waals surface area (Å²) in [5.74, 6) is -0.683. The number of β-amino-alcohol motifs (C(OH)–C–C–N with tert-alkyl or cyclic N) is 1. The van der Waals surface area contributed by atoms with Gasteiger partial charge in [-0.15, -0.1) is 0 Å². The summed E-state index contributed by atoms with van der Waals surface area (Å²) in [4.78, 5) is 24.8. The number of likely N-dealkylation sites (tertiary alicyclic amines) is 1. The van der Waals surface area contributed by atoms with Crippen LogP contribution in [0.3, 0.4) is 0 Å². The molecule has 0 aromatic rings. The molecule has 1 heterocycles. The first-order chi connectivity index (χ1) is 7.37. The minimum absolute atomic E-state index is 0.0480. The van der Waals surface area contributed by atoms with Crippen LogP contribution in [-0.2, 0) is 9.59 Å². The minimum Gasteiger partial charge on any atom is -0.378 e. The van der Waals surface area contributed by atoms with Crippen molar-refractivity contribution in [3.63, 3.8) is 0 Å². The molecule has 3 N–H and O–H groups in total. The van der Waals surface area contributed by atoms with Crippen LogP contribution in [0.25, 0.3) is 0 Å². The Morgan fingerprint density at radius 1 is 1.31 bits per heavy atom. The van der Waals surface area contributed by atoms with Crippen LogP contribution in [0.4, 0.5) is 0 Å². The van der Waals surface area contributed by atoms with Gasteiger partial charge in [0.25, 0.3) is 5.91 Å². The lowest BCUT2D eigenvalue weighted by Gasteiger charge is -2.38. The highest BCUT2D eigenvalue weighted by Crippen LogP contribution is 2.47. The molecule has 0 bridgehead atoms. The molecule has 5 nitrogen and oxygen atoms in total. The number of hydrogen-bond acceptors (Lipinski definition) is 3. The van der Waals surface area contributed by atoms with Crippen LogP contribution in [0.5, 0.6) is 0 Å². The van der Waals surface area contributed by atoms with Gasteiger partial charge in [0.05, 0.1) is 6.54 Å². The van der Waals surface area contributed by atoms with Crippen LogP contribution in [0.2, 0.25) is 0 Å². The van der Waals surface area contributed by atoms with Gasteiger partial charge in [0.2, 0.25) is 5.91 Å². The largest absolute Gasteiger partial charge is 0.378 e. The van der Waals surface area contributed by atoms with Gasteiger partial charge in [-0.1, -0.05) is 6.92 Å². The molecule has 90 valence electrons. The standard InChI is InChI=1S/C11H18N2O3/c1-10(4-5-10)9(15)13-6-2-3-11(16,7-13)8(12)14/h16H,2-7H2,1H3,(H2,12,14). The second-order valence-electron chi connectivity index (χ2n) is 5.29. The zero-order valence-corrected chi connectivity index (χ0v) is 9.53. The summed E-state index contributed by atoms with van der Waals surface area (Å²) in [6.07, 6.45) is 2.78. The van der Waals surface area contributed by atoms with Crippen LogP contribution >= 0.6 is 0 Å². The first-order valence-corrected chi connectivity index (χ1v) is 5.69. The SMILES string of the molecule is CC1(C(=O)N2CCCC(O)(C(N)=O)C2)CC1. The monoisotopic (exact) mass is 226 g/mol. The number of aliphatic hydroxyl groups is 1. The number of rotatable bonds is 2. The summed E-state index contributed by atoms with van der Waals surface area (Å²) in [7, 11) is 0. The Morgan fingerprint density at radius 2 is 1.94 bits per heavy atom. The number of piperidine rings is 1. The van der Waals surface area contributed by atoms with E-state index in [1.165, 1.54) is 0 Å². The van der Waals surface area contributed by atoms with E-state index in [0.717, 1.165) is 12.8 Å². The van der Waals surface area contributed by atoms with Gasteiger partial charge in [-0.2, -0.15) is 0 Å². The topological polar surface area (TPSA) is 83.6 Å². The van der Waals surface area contributed by atoms with Gasteiger partial charge in [-0.05, 0) is 25.7 Å². The molecule has 0 radical (unpaired) electrons. The summed E-state index contributed by atoms with van der Waals surface area (Å²) in [6.45, 7) is 2.59. The average molecular weight is 226 g/mol. The van der Waals surface area contributed by atoms with Crippen molar-refractivity contribution in [1.82, 2.24) is 4.90 Å². The summed E-state index contributed by atoms with van der Waals surface area (Å²) in [5, 5.41) is 9.99. The van der Waals surface area contributed by atoms with Crippen molar-refractivity contribution in [2.75, 3.05) is 13.1 Å². The summed E-state index contributed by atoms with van der Waals surface area (Å²) >= 11 is 0. The maximum absolute atomic E-state index is 12.1. The van der Waals surface area contributed by atoms with Crippen molar-refractivity contribution in [1.29, 1.82) is 0 Å². The molecule has 0 spiro atoms. The van der Waals surface area contributed by atoms with Gasteiger partial charge in [0.15, 0.2) is 5.60 Å². The van der Waals surface area contributed by atoms with Crippen molar-refractivity contribution in [3.05, 3.63) is 0 Å². The second kappa shape index (κ2) is 3.45. The van der Waals surface area contributed by atoms with Gasteiger partial charge >= 0.3 is 0 Å². The van der Waals surface area contributed by atoms with Crippen molar-refractivity contribution >= 4 is 11.8 Å². The van der Waals surface area contributed by atoms with E-state index >= 15 is 0 Å². The molecule has 1 unspecified atom stereocenters. The van der Waals surface area contributed by atoms with E-state index in [4.69, 9.17) is 5.73 Å². The van der Waals surface area contributed by atoms with Gasteiger partial charge in [-0.3, -0.25) is 9.59 Å².